The number of rotatable bonds is 4. The third-order valence-electron chi connectivity index (χ3n) is 2.41. The molecule has 2 aromatic rings. The van der Waals surface area contributed by atoms with Crippen LogP contribution in [-0.2, 0) is 6.54 Å². The fraction of sp³-hybridized carbons (Fsp3) is 0.0833. The average Bonchev–Trinajstić information content (AvgIpc) is 2.81. The zero-order chi connectivity index (χ0) is 13.8. The molecule has 0 atom stereocenters. The maximum absolute atomic E-state index is 10.8. The van der Waals surface area contributed by atoms with Crippen molar-refractivity contribution in [3.63, 3.8) is 0 Å². The van der Waals surface area contributed by atoms with Gasteiger partial charge in [-0.3, -0.25) is 10.1 Å². The van der Waals surface area contributed by atoms with Gasteiger partial charge in [-0.05, 0) is 24.3 Å². The summed E-state index contributed by atoms with van der Waals surface area (Å²) in [6, 6.07) is 9.91. The molecule has 0 amide bonds. The van der Waals surface area contributed by atoms with Crippen molar-refractivity contribution >= 4 is 34.3 Å². The van der Waals surface area contributed by atoms with Crippen LogP contribution in [0.1, 0.15) is 10.4 Å². The molecule has 1 aromatic heterocycles. The number of nitrogens with zero attached hydrogens (tertiary/aromatic N) is 2. The van der Waals surface area contributed by atoms with Crippen molar-refractivity contribution in [3.8, 4) is 6.07 Å². The molecule has 1 aromatic carbocycles. The molecular formula is C12H8ClN3O2S. The van der Waals surface area contributed by atoms with Crippen LogP contribution < -0.4 is 5.32 Å². The molecule has 0 aliphatic carbocycles. The van der Waals surface area contributed by atoms with E-state index in [9.17, 15) is 10.1 Å². The Morgan fingerprint density at radius 2 is 2.21 bits per heavy atom. The summed E-state index contributed by atoms with van der Waals surface area (Å²) in [5.41, 5.74) is 0.446. The van der Waals surface area contributed by atoms with Gasteiger partial charge in [-0.2, -0.15) is 5.26 Å². The van der Waals surface area contributed by atoms with Crippen LogP contribution in [-0.4, -0.2) is 4.92 Å². The van der Waals surface area contributed by atoms with Crippen molar-refractivity contribution in [2.45, 2.75) is 6.54 Å². The fourth-order valence-corrected chi connectivity index (χ4v) is 2.55. The molecule has 5 nitrogen and oxygen atoms in total. The SMILES string of the molecule is N#Cc1ccc(NCc2ccc(Cl)s2)cc1[N+](=O)[O-]. The van der Waals surface area contributed by atoms with E-state index in [0.29, 0.717) is 16.6 Å². The second-order valence-electron chi connectivity index (χ2n) is 3.66. The summed E-state index contributed by atoms with van der Waals surface area (Å²) in [6.45, 7) is 0.528. The number of nitriles is 1. The summed E-state index contributed by atoms with van der Waals surface area (Å²) in [6.07, 6.45) is 0. The van der Waals surface area contributed by atoms with Gasteiger partial charge in [0.2, 0.25) is 0 Å². The number of thiophene rings is 1. The smallest absolute Gasteiger partial charge is 0.289 e. The Morgan fingerprint density at radius 3 is 2.79 bits per heavy atom. The molecule has 1 heterocycles. The summed E-state index contributed by atoms with van der Waals surface area (Å²) in [7, 11) is 0. The van der Waals surface area contributed by atoms with Crippen molar-refractivity contribution in [1.29, 1.82) is 5.26 Å². The normalized spacial score (nSPS) is 9.89. The number of hydrogen-bond donors (Lipinski definition) is 1. The summed E-state index contributed by atoms with van der Waals surface area (Å²) in [5.74, 6) is 0. The van der Waals surface area contributed by atoms with Gasteiger partial charge in [0.05, 0.1) is 9.26 Å². The van der Waals surface area contributed by atoms with Gasteiger partial charge in [-0.15, -0.1) is 11.3 Å². The molecule has 0 saturated heterocycles. The molecule has 2 rings (SSSR count). The van der Waals surface area contributed by atoms with E-state index in [1.165, 1.54) is 23.5 Å². The van der Waals surface area contributed by atoms with Gasteiger partial charge in [0.25, 0.3) is 5.69 Å². The Hall–Kier alpha value is -2.10. The topological polar surface area (TPSA) is 79.0 Å². The van der Waals surface area contributed by atoms with Crippen LogP contribution in [0.25, 0.3) is 0 Å². The van der Waals surface area contributed by atoms with Crippen LogP contribution in [0.2, 0.25) is 4.34 Å². The van der Waals surface area contributed by atoms with Crippen molar-refractivity contribution in [2.24, 2.45) is 0 Å². The standard InChI is InChI=1S/C12H8ClN3O2S/c13-12-4-3-10(19-12)7-15-9-2-1-8(6-14)11(5-9)16(17)18/h1-5,15H,7H2. The number of nitro benzene ring substituents is 1. The first-order valence-corrected chi connectivity index (χ1v) is 6.46. The van der Waals surface area contributed by atoms with E-state index in [-0.39, 0.29) is 11.3 Å². The number of halogens is 1. The molecule has 0 bridgehead atoms. The number of hydrogen-bond acceptors (Lipinski definition) is 5. The lowest BCUT2D eigenvalue weighted by Gasteiger charge is -2.05. The molecule has 0 aliphatic rings. The second-order valence-corrected chi connectivity index (χ2v) is 5.46. The molecular weight excluding hydrogens is 286 g/mol. The fourth-order valence-electron chi connectivity index (χ4n) is 1.52. The average molecular weight is 294 g/mol. The molecule has 7 heteroatoms. The van der Waals surface area contributed by atoms with Crippen molar-refractivity contribution in [1.82, 2.24) is 0 Å². The first-order chi connectivity index (χ1) is 9.10. The highest BCUT2D eigenvalue weighted by Gasteiger charge is 2.14. The summed E-state index contributed by atoms with van der Waals surface area (Å²) in [4.78, 5) is 11.3. The van der Waals surface area contributed by atoms with Crippen LogP contribution in [0.15, 0.2) is 30.3 Å². The Morgan fingerprint density at radius 1 is 1.42 bits per heavy atom. The minimum absolute atomic E-state index is 0.0507. The lowest BCUT2D eigenvalue weighted by molar-refractivity contribution is -0.385. The highest BCUT2D eigenvalue weighted by atomic mass is 35.5. The molecule has 1 N–H and O–H groups in total. The van der Waals surface area contributed by atoms with Crippen molar-refractivity contribution in [3.05, 3.63) is 55.2 Å². The predicted octanol–water partition coefficient (Wildman–Crippen LogP) is 3.79. The Kier molecular flexibility index (Phi) is 4.00. The van der Waals surface area contributed by atoms with E-state index >= 15 is 0 Å². The third-order valence-corrected chi connectivity index (χ3v) is 3.64. The number of benzene rings is 1. The lowest BCUT2D eigenvalue weighted by atomic mass is 10.2. The van der Waals surface area contributed by atoms with Crippen LogP contribution in [0.4, 0.5) is 11.4 Å². The minimum atomic E-state index is -0.564. The Bertz CT molecular complexity index is 663. The molecule has 0 fully saturated rings. The van der Waals surface area contributed by atoms with Gasteiger partial charge in [-0.25, -0.2) is 0 Å². The molecule has 0 aliphatic heterocycles. The highest BCUT2D eigenvalue weighted by molar-refractivity contribution is 7.16. The molecule has 0 spiro atoms. The van der Waals surface area contributed by atoms with Crippen LogP contribution in [0, 0.1) is 21.4 Å². The maximum Gasteiger partial charge on any atom is 0.289 e. The first-order valence-electron chi connectivity index (χ1n) is 5.27. The van der Waals surface area contributed by atoms with Gasteiger partial charge >= 0.3 is 0 Å². The molecule has 0 unspecified atom stereocenters. The van der Waals surface area contributed by atoms with Crippen LogP contribution >= 0.6 is 22.9 Å². The Balaban J connectivity index is 2.15. The highest BCUT2D eigenvalue weighted by Crippen LogP contribution is 2.25. The van der Waals surface area contributed by atoms with E-state index < -0.39 is 4.92 Å². The maximum atomic E-state index is 10.8. The van der Waals surface area contributed by atoms with Crippen LogP contribution in [0.3, 0.4) is 0 Å². The monoisotopic (exact) mass is 293 g/mol. The Labute approximate surface area is 118 Å². The summed E-state index contributed by atoms with van der Waals surface area (Å²) < 4.78 is 0.697. The third kappa shape index (κ3) is 3.22. The lowest BCUT2D eigenvalue weighted by Crippen LogP contribution is -1.99. The largest absolute Gasteiger partial charge is 0.380 e. The summed E-state index contributed by atoms with van der Waals surface area (Å²) >= 11 is 7.26. The number of nitro groups is 1. The van der Waals surface area contributed by atoms with Crippen LogP contribution in [0.5, 0.6) is 0 Å². The molecule has 96 valence electrons. The van der Waals surface area contributed by atoms with Crippen molar-refractivity contribution < 1.29 is 4.92 Å². The van der Waals surface area contributed by atoms with E-state index in [4.69, 9.17) is 16.9 Å². The predicted molar refractivity (Wildman–Crippen MR) is 74.5 cm³/mol. The molecule has 19 heavy (non-hydrogen) atoms. The molecule has 0 saturated carbocycles. The van der Waals surface area contributed by atoms with E-state index in [1.807, 2.05) is 6.07 Å². The second kappa shape index (κ2) is 5.69. The first kappa shape index (κ1) is 13.3. The van der Waals surface area contributed by atoms with E-state index in [2.05, 4.69) is 5.32 Å². The van der Waals surface area contributed by atoms with E-state index in [0.717, 1.165) is 4.88 Å². The van der Waals surface area contributed by atoms with Gasteiger partial charge in [0.1, 0.15) is 11.6 Å². The van der Waals surface area contributed by atoms with Gasteiger partial charge in [-0.1, -0.05) is 11.6 Å². The number of nitrogens with one attached hydrogen (secondary N) is 1. The summed E-state index contributed by atoms with van der Waals surface area (Å²) in [5, 5.41) is 22.7. The zero-order valence-corrected chi connectivity index (χ0v) is 11.2. The quantitative estimate of drug-likeness (QED) is 0.687. The van der Waals surface area contributed by atoms with Crippen molar-refractivity contribution in [2.75, 3.05) is 5.32 Å². The van der Waals surface area contributed by atoms with Gasteiger partial charge in [0.15, 0.2) is 0 Å². The minimum Gasteiger partial charge on any atom is -0.380 e. The molecule has 0 radical (unpaired) electrons. The zero-order valence-electron chi connectivity index (χ0n) is 9.59. The van der Waals surface area contributed by atoms with Gasteiger partial charge < -0.3 is 5.32 Å². The van der Waals surface area contributed by atoms with E-state index in [1.54, 1.807) is 18.2 Å². The van der Waals surface area contributed by atoms with Gasteiger partial charge in [0, 0.05) is 23.2 Å². The number of anilines is 1.